The fourth-order valence-electron chi connectivity index (χ4n) is 2.02. The summed E-state index contributed by atoms with van der Waals surface area (Å²) < 4.78 is 54.5. The summed E-state index contributed by atoms with van der Waals surface area (Å²) in [6, 6.07) is 3.51. The normalized spacial score (nSPS) is 14.1. The molecule has 0 aromatic heterocycles. The third kappa shape index (κ3) is 2.52. The second-order valence-corrected chi connectivity index (χ2v) is 4.32. The Morgan fingerprint density at radius 3 is 1.10 bits per heavy atom. The standard InChI is InChI=1S/C14H12F4N2/c15-7-3-1-4-8(16)11(7)13(19)14(20)12-9(17)5-2-6-10(12)18/h1-6,13-14H,19-20H2/t13-,14+. The Bertz CT molecular complexity index is 535. The quantitative estimate of drug-likeness (QED) is 0.851. The molecule has 0 fully saturated rings. The molecule has 0 bridgehead atoms. The summed E-state index contributed by atoms with van der Waals surface area (Å²) in [7, 11) is 0. The van der Waals surface area contributed by atoms with E-state index in [1.165, 1.54) is 0 Å². The zero-order valence-electron chi connectivity index (χ0n) is 10.3. The second kappa shape index (κ2) is 5.60. The van der Waals surface area contributed by atoms with Gasteiger partial charge in [-0.2, -0.15) is 0 Å². The fourth-order valence-corrected chi connectivity index (χ4v) is 2.02. The van der Waals surface area contributed by atoms with Crippen LogP contribution in [0.5, 0.6) is 0 Å². The van der Waals surface area contributed by atoms with Crippen LogP contribution in [-0.4, -0.2) is 0 Å². The van der Waals surface area contributed by atoms with E-state index in [9.17, 15) is 17.6 Å². The highest BCUT2D eigenvalue weighted by Gasteiger charge is 2.27. The van der Waals surface area contributed by atoms with Crippen molar-refractivity contribution in [2.75, 3.05) is 0 Å². The van der Waals surface area contributed by atoms with E-state index in [1.54, 1.807) is 0 Å². The van der Waals surface area contributed by atoms with Crippen LogP contribution in [0, 0.1) is 23.3 Å². The molecule has 4 N–H and O–H groups in total. The first kappa shape index (κ1) is 14.5. The molecule has 0 saturated heterocycles. The van der Waals surface area contributed by atoms with E-state index < -0.39 is 46.5 Å². The second-order valence-electron chi connectivity index (χ2n) is 4.32. The van der Waals surface area contributed by atoms with Gasteiger partial charge < -0.3 is 11.5 Å². The predicted molar refractivity (Wildman–Crippen MR) is 66.6 cm³/mol. The van der Waals surface area contributed by atoms with E-state index in [0.717, 1.165) is 36.4 Å². The minimum absolute atomic E-state index is 0.498. The number of hydrogen-bond donors (Lipinski definition) is 2. The van der Waals surface area contributed by atoms with Crippen molar-refractivity contribution in [3.8, 4) is 0 Å². The molecule has 2 rings (SSSR count). The third-order valence-electron chi connectivity index (χ3n) is 3.05. The van der Waals surface area contributed by atoms with Gasteiger partial charge in [0.2, 0.25) is 0 Å². The lowest BCUT2D eigenvalue weighted by atomic mass is 9.93. The molecule has 0 aliphatic heterocycles. The van der Waals surface area contributed by atoms with E-state index in [0.29, 0.717) is 0 Å². The molecule has 0 saturated carbocycles. The Kier molecular flexibility index (Phi) is 4.06. The summed E-state index contributed by atoms with van der Waals surface area (Å²) in [5.41, 5.74) is 10.3. The Morgan fingerprint density at radius 2 is 0.850 bits per heavy atom. The van der Waals surface area contributed by atoms with E-state index in [-0.39, 0.29) is 0 Å². The zero-order chi connectivity index (χ0) is 14.9. The van der Waals surface area contributed by atoms with Crippen molar-refractivity contribution in [3.05, 3.63) is 70.8 Å². The Hall–Kier alpha value is -1.92. The van der Waals surface area contributed by atoms with Crippen molar-refractivity contribution in [3.63, 3.8) is 0 Å². The van der Waals surface area contributed by atoms with Crippen LogP contribution in [-0.2, 0) is 0 Å². The van der Waals surface area contributed by atoms with Crippen LogP contribution in [0.4, 0.5) is 17.6 Å². The van der Waals surface area contributed by atoms with Crippen molar-refractivity contribution in [1.82, 2.24) is 0 Å². The van der Waals surface area contributed by atoms with Crippen LogP contribution in [0.1, 0.15) is 23.2 Å². The molecule has 0 unspecified atom stereocenters. The molecule has 2 nitrogen and oxygen atoms in total. The van der Waals surface area contributed by atoms with Gasteiger partial charge in [0.15, 0.2) is 0 Å². The smallest absolute Gasteiger partial charge is 0.130 e. The zero-order valence-corrected chi connectivity index (χ0v) is 10.3. The van der Waals surface area contributed by atoms with Crippen LogP contribution in [0.25, 0.3) is 0 Å². The molecule has 0 aliphatic rings. The summed E-state index contributed by atoms with van der Waals surface area (Å²) >= 11 is 0. The first-order valence-corrected chi connectivity index (χ1v) is 5.82. The maximum Gasteiger partial charge on any atom is 0.130 e. The number of benzene rings is 2. The molecule has 106 valence electrons. The molecule has 0 radical (unpaired) electrons. The van der Waals surface area contributed by atoms with Gasteiger partial charge in [-0.1, -0.05) is 12.1 Å². The van der Waals surface area contributed by atoms with Crippen molar-refractivity contribution in [2.24, 2.45) is 11.5 Å². The molecule has 0 amide bonds. The summed E-state index contributed by atoms with van der Waals surface area (Å²) in [5.74, 6) is -3.65. The van der Waals surface area contributed by atoms with Gasteiger partial charge >= 0.3 is 0 Å². The molecule has 20 heavy (non-hydrogen) atoms. The minimum Gasteiger partial charge on any atom is -0.322 e. The van der Waals surface area contributed by atoms with Crippen molar-refractivity contribution in [2.45, 2.75) is 12.1 Å². The molecule has 0 spiro atoms. The van der Waals surface area contributed by atoms with Crippen LogP contribution in [0.2, 0.25) is 0 Å². The maximum absolute atomic E-state index is 13.6. The minimum atomic E-state index is -1.41. The molecule has 0 aliphatic carbocycles. The highest BCUT2D eigenvalue weighted by molar-refractivity contribution is 5.30. The number of rotatable bonds is 3. The van der Waals surface area contributed by atoms with Crippen molar-refractivity contribution < 1.29 is 17.6 Å². The molecular formula is C14H12F4N2. The van der Waals surface area contributed by atoms with Gasteiger partial charge in [-0.05, 0) is 24.3 Å². The molecule has 0 heterocycles. The summed E-state index contributed by atoms with van der Waals surface area (Å²) in [6.07, 6.45) is 0. The van der Waals surface area contributed by atoms with Crippen molar-refractivity contribution in [1.29, 1.82) is 0 Å². The number of nitrogens with two attached hydrogens (primary N) is 2. The highest BCUT2D eigenvalue weighted by Crippen LogP contribution is 2.31. The lowest BCUT2D eigenvalue weighted by Crippen LogP contribution is -2.29. The SMILES string of the molecule is N[C@H](c1c(F)cccc1F)[C@@H](N)c1c(F)cccc1F. The fraction of sp³-hybridized carbons (Fsp3) is 0.143. The number of halogens is 4. The Balaban J connectivity index is 2.46. The molecule has 2 atom stereocenters. The van der Waals surface area contributed by atoms with Gasteiger partial charge in [0.05, 0.1) is 12.1 Å². The van der Waals surface area contributed by atoms with Gasteiger partial charge in [-0.15, -0.1) is 0 Å². The summed E-state index contributed by atoms with van der Waals surface area (Å²) in [6.45, 7) is 0. The van der Waals surface area contributed by atoms with Gasteiger partial charge in [0.1, 0.15) is 23.3 Å². The van der Waals surface area contributed by atoms with Crippen LogP contribution in [0.15, 0.2) is 36.4 Å². The van der Waals surface area contributed by atoms with Crippen LogP contribution < -0.4 is 11.5 Å². The largest absolute Gasteiger partial charge is 0.322 e. The summed E-state index contributed by atoms with van der Waals surface area (Å²) in [4.78, 5) is 0. The topological polar surface area (TPSA) is 52.0 Å². The number of hydrogen-bond acceptors (Lipinski definition) is 2. The average molecular weight is 284 g/mol. The lowest BCUT2D eigenvalue weighted by molar-refractivity contribution is 0.453. The lowest BCUT2D eigenvalue weighted by Gasteiger charge is -2.22. The van der Waals surface area contributed by atoms with Crippen LogP contribution in [0.3, 0.4) is 0 Å². The molecular weight excluding hydrogens is 272 g/mol. The first-order valence-electron chi connectivity index (χ1n) is 5.82. The van der Waals surface area contributed by atoms with E-state index in [2.05, 4.69) is 0 Å². The monoisotopic (exact) mass is 284 g/mol. The van der Waals surface area contributed by atoms with Crippen LogP contribution >= 0.6 is 0 Å². The maximum atomic E-state index is 13.6. The Morgan fingerprint density at radius 1 is 0.600 bits per heavy atom. The van der Waals surface area contributed by atoms with E-state index in [4.69, 9.17) is 11.5 Å². The van der Waals surface area contributed by atoms with Gasteiger partial charge in [-0.25, -0.2) is 17.6 Å². The van der Waals surface area contributed by atoms with Gasteiger partial charge in [0.25, 0.3) is 0 Å². The summed E-state index contributed by atoms with van der Waals surface area (Å²) in [5, 5.41) is 0. The molecule has 2 aromatic rings. The third-order valence-corrected chi connectivity index (χ3v) is 3.05. The van der Waals surface area contributed by atoms with Crippen molar-refractivity contribution >= 4 is 0 Å². The Labute approximate surface area is 113 Å². The van der Waals surface area contributed by atoms with E-state index in [1.807, 2.05) is 0 Å². The van der Waals surface area contributed by atoms with E-state index >= 15 is 0 Å². The van der Waals surface area contributed by atoms with Gasteiger partial charge in [0, 0.05) is 11.1 Å². The molecule has 2 aromatic carbocycles. The van der Waals surface area contributed by atoms with Gasteiger partial charge in [-0.3, -0.25) is 0 Å². The first-order chi connectivity index (χ1) is 9.43. The predicted octanol–water partition coefficient (Wildman–Crippen LogP) is 2.94. The average Bonchev–Trinajstić information content (AvgIpc) is 2.37. The highest BCUT2D eigenvalue weighted by atomic mass is 19.1. The molecule has 6 heteroatoms.